The van der Waals surface area contributed by atoms with Crippen LogP contribution < -0.4 is 0 Å². The Hall–Kier alpha value is -3.29. The van der Waals surface area contributed by atoms with Crippen molar-refractivity contribution in [3.8, 4) is 0 Å². The average Bonchev–Trinajstić information content (AvgIpc) is 3.57. The molecule has 0 unspecified atom stereocenters. The first-order chi connectivity index (χ1) is 22.4. The van der Waals surface area contributed by atoms with E-state index in [-0.39, 0.29) is 10.8 Å². The number of allylic oxidation sites excluding steroid dienone is 1. The van der Waals surface area contributed by atoms with Gasteiger partial charge in [-0.15, -0.1) is 20.4 Å². The van der Waals surface area contributed by atoms with Crippen LogP contribution >= 0.6 is 23.2 Å². The van der Waals surface area contributed by atoms with E-state index in [2.05, 4.69) is 48.2 Å². The van der Waals surface area contributed by atoms with Gasteiger partial charge in [-0.2, -0.15) is 0 Å². The van der Waals surface area contributed by atoms with Crippen LogP contribution in [0.5, 0.6) is 0 Å². The van der Waals surface area contributed by atoms with Crippen LogP contribution in [0.1, 0.15) is 111 Å². The van der Waals surface area contributed by atoms with Crippen molar-refractivity contribution in [1.82, 2.24) is 29.5 Å². The van der Waals surface area contributed by atoms with Gasteiger partial charge >= 0.3 is 0 Å². The number of fused-ring (bicyclic) bond motifs is 2. The van der Waals surface area contributed by atoms with E-state index in [0.29, 0.717) is 23.6 Å². The van der Waals surface area contributed by atoms with Crippen LogP contribution in [-0.2, 0) is 41.6 Å². The van der Waals surface area contributed by atoms with Crippen molar-refractivity contribution < 1.29 is 4.79 Å². The van der Waals surface area contributed by atoms with E-state index in [1.165, 1.54) is 56.1 Å². The molecule has 0 atom stereocenters. The van der Waals surface area contributed by atoms with Crippen molar-refractivity contribution in [3.05, 3.63) is 105 Å². The molecule has 2 aromatic heterocycles. The Morgan fingerprint density at radius 1 is 0.565 bits per heavy atom. The first-order valence-electron chi connectivity index (χ1n) is 16.9. The van der Waals surface area contributed by atoms with Crippen LogP contribution in [0.25, 0.3) is 0 Å². The number of aryl methyl sites for hydroxylation is 2. The lowest BCUT2D eigenvalue weighted by Gasteiger charge is -2.43. The molecule has 4 heterocycles. The van der Waals surface area contributed by atoms with Crippen LogP contribution in [0, 0.1) is 0 Å². The van der Waals surface area contributed by atoms with E-state index in [0.717, 1.165) is 79.1 Å². The highest BCUT2D eigenvalue weighted by Crippen LogP contribution is 2.51. The molecule has 2 fully saturated rings. The molecule has 0 N–H and O–H groups in total. The van der Waals surface area contributed by atoms with Gasteiger partial charge in [-0.1, -0.05) is 85.3 Å². The molecule has 0 saturated heterocycles. The molecule has 2 aliphatic carbocycles. The maximum atomic E-state index is 11.9. The highest BCUT2D eigenvalue weighted by Gasteiger charge is 2.50. The Labute approximate surface area is 281 Å². The molecule has 0 radical (unpaired) electrons. The van der Waals surface area contributed by atoms with Gasteiger partial charge in [0.15, 0.2) is 0 Å². The Morgan fingerprint density at radius 3 is 1.39 bits per heavy atom. The van der Waals surface area contributed by atoms with E-state index in [4.69, 9.17) is 23.2 Å². The molecule has 0 amide bonds. The third-order valence-corrected chi connectivity index (χ3v) is 11.0. The summed E-state index contributed by atoms with van der Waals surface area (Å²) in [7, 11) is 0. The number of rotatable bonds is 4. The molecule has 2 saturated carbocycles. The lowest BCUT2D eigenvalue weighted by Crippen LogP contribution is -2.45. The Balaban J connectivity index is 0.000000147. The minimum Gasteiger partial charge on any atom is -0.314 e. The Kier molecular flexibility index (Phi) is 8.90. The summed E-state index contributed by atoms with van der Waals surface area (Å²) in [4.78, 5) is 11.9. The second-order valence-electron chi connectivity index (χ2n) is 13.7. The number of carbonyl (C=O) groups excluding carboxylic acids is 1. The van der Waals surface area contributed by atoms with Crippen LogP contribution in [-0.4, -0.2) is 35.3 Å². The molecule has 46 heavy (non-hydrogen) atoms. The van der Waals surface area contributed by atoms with E-state index < -0.39 is 0 Å². The van der Waals surface area contributed by atoms with Gasteiger partial charge in [0, 0.05) is 48.8 Å². The molecule has 7 nitrogen and oxygen atoms in total. The van der Waals surface area contributed by atoms with Gasteiger partial charge in [0.25, 0.3) is 0 Å². The van der Waals surface area contributed by atoms with Crippen LogP contribution in [0.2, 0.25) is 10.0 Å². The zero-order valence-electron chi connectivity index (χ0n) is 26.5. The fourth-order valence-corrected chi connectivity index (χ4v) is 8.23. The van der Waals surface area contributed by atoms with Gasteiger partial charge < -0.3 is 9.13 Å². The maximum absolute atomic E-state index is 11.9. The van der Waals surface area contributed by atoms with Gasteiger partial charge in [-0.05, 0) is 73.9 Å². The number of carbonyl (C=O) groups is 1. The van der Waals surface area contributed by atoms with Gasteiger partial charge in [0.2, 0.25) is 0 Å². The van der Waals surface area contributed by atoms with Crippen molar-refractivity contribution in [2.75, 3.05) is 0 Å². The smallest absolute Gasteiger partial charge is 0.144 e. The van der Waals surface area contributed by atoms with Gasteiger partial charge in [-0.3, -0.25) is 4.79 Å². The van der Waals surface area contributed by atoms with Gasteiger partial charge in [0.05, 0.1) is 10.8 Å². The lowest BCUT2D eigenvalue weighted by molar-refractivity contribution is -0.127. The number of nitrogens with zero attached hydrogens (tertiary/aromatic N) is 6. The third-order valence-electron chi connectivity index (χ3n) is 10.5. The quantitative estimate of drug-likeness (QED) is 0.206. The second kappa shape index (κ2) is 13.1. The summed E-state index contributed by atoms with van der Waals surface area (Å²) in [5, 5.41) is 19.7. The molecule has 4 aliphatic rings. The topological polar surface area (TPSA) is 78.5 Å². The molecule has 2 aromatic carbocycles. The van der Waals surface area contributed by atoms with E-state index in [1.54, 1.807) is 0 Å². The normalized spacial score (nSPS) is 20.3. The number of Topliss-reactive ketones (excluding diaryl/α,β-unsaturated/α-hetero) is 1. The van der Waals surface area contributed by atoms with E-state index in [1.807, 2.05) is 36.4 Å². The summed E-state index contributed by atoms with van der Waals surface area (Å²) >= 11 is 12.1. The lowest BCUT2D eigenvalue weighted by atomic mass is 9.61. The summed E-state index contributed by atoms with van der Waals surface area (Å²) in [6, 6.07) is 16.1. The van der Waals surface area contributed by atoms with Gasteiger partial charge in [-0.25, -0.2) is 0 Å². The highest BCUT2D eigenvalue weighted by atomic mass is 35.5. The minimum atomic E-state index is -0.313. The molecular formula is C37H42Cl2N6O. The molecule has 0 bridgehead atoms. The minimum absolute atomic E-state index is 0.0634. The molecule has 9 heteroatoms. The number of hydrogen-bond donors (Lipinski definition) is 0. The monoisotopic (exact) mass is 656 g/mol. The first-order valence-corrected chi connectivity index (χ1v) is 17.7. The Morgan fingerprint density at radius 2 is 0.978 bits per heavy atom. The molecule has 8 rings (SSSR count). The SMILES string of the molecule is C=C1CC(c2ccc(Cl)cc2)(c2nnc3n2CCCCCC3)C1.O=C1CC(c2ccc(Cl)cc2)(c2nnc3n2CCCCCC3)C1. The summed E-state index contributed by atoms with van der Waals surface area (Å²) in [5.74, 6) is 4.63. The predicted octanol–water partition coefficient (Wildman–Crippen LogP) is 8.38. The fraction of sp³-hybridized carbons (Fsp3) is 0.486. The average molecular weight is 658 g/mol. The van der Waals surface area contributed by atoms with Crippen molar-refractivity contribution in [1.29, 1.82) is 0 Å². The summed E-state index contributed by atoms with van der Waals surface area (Å²) < 4.78 is 4.67. The number of halogens is 2. The first kappa shape index (κ1) is 31.3. The predicted molar refractivity (Wildman–Crippen MR) is 181 cm³/mol. The standard InChI is InChI=1S/C19H22ClN3.C18H20ClN3O/c1-14-12-19(13-14,15-7-9-16(20)10-8-15)18-22-21-17-6-4-2-3-5-11-23(17)18;19-14-8-6-13(7-9-14)18(11-15(23)12-18)17-21-20-16-5-3-1-2-4-10-22(16)17/h7-10H,1-6,11-13H2;6-9H,1-5,10-12H2. The van der Waals surface area contributed by atoms with Crippen LogP contribution in [0.3, 0.4) is 0 Å². The number of aromatic nitrogens is 6. The van der Waals surface area contributed by atoms with E-state index in [9.17, 15) is 4.79 Å². The number of ketones is 1. The fourth-order valence-electron chi connectivity index (χ4n) is 7.98. The summed E-state index contributed by atoms with van der Waals surface area (Å²) in [5.41, 5.74) is 3.33. The number of hydrogen-bond acceptors (Lipinski definition) is 5. The molecule has 4 aromatic rings. The van der Waals surface area contributed by atoms with Crippen molar-refractivity contribution in [3.63, 3.8) is 0 Å². The van der Waals surface area contributed by atoms with Crippen LogP contribution in [0.4, 0.5) is 0 Å². The summed E-state index contributed by atoms with van der Waals surface area (Å²) in [6.45, 7) is 6.17. The van der Waals surface area contributed by atoms with Crippen molar-refractivity contribution in [2.45, 2.75) is 114 Å². The summed E-state index contributed by atoms with van der Waals surface area (Å²) in [6.07, 6.45) is 14.9. The largest absolute Gasteiger partial charge is 0.314 e. The van der Waals surface area contributed by atoms with Crippen molar-refractivity contribution in [2.24, 2.45) is 0 Å². The molecular weight excluding hydrogens is 615 g/mol. The van der Waals surface area contributed by atoms with E-state index >= 15 is 0 Å². The zero-order chi connectivity index (χ0) is 31.7. The number of benzene rings is 2. The maximum Gasteiger partial charge on any atom is 0.144 e. The zero-order valence-corrected chi connectivity index (χ0v) is 28.0. The molecule has 240 valence electrons. The highest BCUT2D eigenvalue weighted by molar-refractivity contribution is 6.30. The molecule has 0 spiro atoms. The third kappa shape index (κ3) is 5.85. The molecule has 2 aliphatic heterocycles. The second-order valence-corrected chi connectivity index (χ2v) is 14.6. The van der Waals surface area contributed by atoms with Crippen LogP contribution in [0.15, 0.2) is 60.7 Å². The van der Waals surface area contributed by atoms with Crippen molar-refractivity contribution >= 4 is 29.0 Å². The van der Waals surface area contributed by atoms with Gasteiger partial charge in [0.1, 0.15) is 29.1 Å². The Bertz CT molecular complexity index is 1580.